The molecule has 1 amide bonds. The Morgan fingerprint density at radius 1 is 1.28 bits per heavy atom. The fourth-order valence-corrected chi connectivity index (χ4v) is 2.30. The fourth-order valence-electron chi connectivity index (χ4n) is 2.30. The third-order valence-corrected chi connectivity index (χ3v) is 3.53. The number of nitrogens with zero attached hydrogens (tertiary/aromatic N) is 5. The zero-order chi connectivity index (χ0) is 16.6. The lowest BCUT2D eigenvalue weighted by molar-refractivity contribution is -0.137. The standard InChI is InChI=1S/C13H13F3N6O.2ClH/c14-13(15,16)8-1-2-11(18-5-8)22-7-10(19-20-22)12(23)21-4-3-9(17)6-21;;/h1-2,5,7,9H,3-4,6,17H2;2*1H/t9-;;/m0../s1. The highest BCUT2D eigenvalue weighted by Crippen LogP contribution is 2.28. The molecular weight excluding hydrogens is 384 g/mol. The molecule has 1 atom stereocenters. The van der Waals surface area contributed by atoms with Gasteiger partial charge in [0, 0.05) is 25.3 Å². The van der Waals surface area contributed by atoms with Gasteiger partial charge in [-0.3, -0.25) is 4.79 Å². The number of amides is 1. The third-order valence-electron chi connectivity index (χ3n) is 3.53. The molecule has 0 saturated carbocycles. The first-order valence-corrected chi connectivity index (χ1v) is 6.85. The largest absolute Gasteiger partial charge is 0.417 e. The molecule has 0 spiro atoms. The van der Waals surface area contributed by atoms with Gasteiger partial charge in [0.05, 0.1) is 11.8 Å². The Bertz CT molecular complexity index is 721. The predicted octanol–water partition coefficient (Wildman–Crippen LogP) is 1.70. The first-order valence-electron chi connectivity index (χ1n) is 6.85. The second kappa shape index (κ2) is 7.98. The van der Waals surface area contributed by atoms with Gasteiger partial charge < -0.3 is 10.6 Å². The number of alkyl halides is 3. The molecule has 0 aromatic carbocycles. The van der Waals surface area contributed by atoms with Gasteiger partial charge in [-0.25, -0.2) is 9.67 Å². The molecule has 12 heteroatoms. The van der Waals surface area contributed by atoms with Crippen LogP contribution in [0.25, 0.3) is 5.82 Å². The van der Waals surface area contributed by atoms with Crippen LogP contribution in [0.2, 0.25) is 0 Å². The van der Waals surface area contributed by atoms with E-state index in [1.54, 1.807) is 4.90 Å². The smallest absolute Gasteiger partial charge is 0.336 e. The van der Waals surface area contributed by atoms with Crippen LogP contribution >= 0.6 is 24.8 Å². The van der Waals surface area contributed by atoms with Crippen LogP contribution in [0.3, 0.4) is 0 Å². The predicted molar refractivity (Wildman–Crippen MR) is 87.1 cm³/mol. The SMILES string of the molecule is Cl.Cl.N[C@H]1CCN(C(=O)c2cn(-c3ccc(C(F)(F)F)cn3)nn2)C1. The molecule has 25 heavy (non-hydrogen) atoms. The molecule has 1 fully saturated rings. The number of rotatable bonds is 2. The number of hydrogen-bond acceptors (Lipinski definition) is 5. The molecule has 2 aromatic rings. The molecule has 2 aromatic heterocycles. The summed E-state index contributed by atoms with van der Waals surface area (Å²) in [6, 6.07) is 2.01. The summed E-state index contributed by atoms with van der Waals surface area (Å²) < 4.78 is 38.7. The normalized spacial score (nSPS) is 17.0. The summed E-state index contributed by atoms with van der Waals surface area (Å²) in [6.45, 7) is 0.996. The van der Waals surface area contributed by atoms with Crippen molar-refractivity contribution in [1.82, 2.24) is 24.9 Å². The summed E-state index contributed by atoms with van der Waals surface area (Å²) in [5, 5.41) is 7.49. The van der Waals surface area contributed by atoms with Crippen molar-refractivity contribution in [2.45, 2.75) is 18.6 Å². The van der Waals surface area contributed by atoms with Gasteiger partial charge in [0.15, 0.2) is 11.5 Å². The van der Waals surface area contributed by atoms with E-state index in [4.69, 9.17) is 5.73 Å². The lowest BCUT2D eigenvalue weighted by atomic mass is 10.3. The average Bonchev–Trinajstić information content (AvgIpc) is 3.15. The van der Waals surface area contributed by atoms with Crippen LogP contribution in [0.15, 0.2) is 24.5 Å². The minimum absolute atomic E-state index is 0. The highest BCUT2D eigenvalue weighted by atomic mass is 35.5. The van der Waals surface area contributed by atoms with Crippen LogP contribution in [0.4, 0.5) is 13.2 Å². The van der Waals surface area contributed by atoms with Gasteiger partial charge in [-0.1, -0.05) is 5.21 Å². The topological polar surface area (TPSA) is 89.9 Å². The fraction of sp³-hybridized carbons (Fsp3) is 0.385. The minimum Gasteiger partial charge on any atom is -0.336 e. The Hall–Kier alpha value is -1.91. The molecule has 0 aliphatic carbocycles. The quantitative estimate of drug-likeness (QED) is 0.831. The molecule has 1 aliphatic heterocycles. The van der Waals surface area contributed by atoms with Crippen molar-refractivity contribution in [2.75, 3.05) is 13.1 Å². The van der Waals surface area contributed by atoms with Crippen LogP contribution in [0.5, 0.6) is 0 Å². The number of nitrogens with two attached hydrogens (primary N) is 1. The minimum atomic E-state index is -4.45. The number of carbonyl (C=O) groups is 1. The maximum atomic E-state index is 12.5. The van der Waals surface area contributed by atoms with Gasteiger partial charge in [-0.05, 0) is 18.6 Å². The first-order chi connectivity index (χ1) is 10.8. The molecule has 1 aliphatic rings. The van der Waals surface area contributed by atoms with Crippen molar-refractivity contribution >= 4 is 30.7 Å². The molecule has 0 unspecified atom stereocenters. The maximum absolute atomic E-state index is 12.5. The number of halogens is 5. The van der Waals surface area contributed by atoms with Crippen LogP contribution in [0, 0.1) is 0 Å². The van der Waals surface area contributed by atoms with Gasteiger partial charge >= 0.3 is 6.18 Å². The van der Waals surface area contributed by atoms with E-state index in [0.717, 1.165) is 23.2 Å². The molecular formula is C13H15Cl2F3N6O. The van der Waals surface area contributed by atoms with Crippen molar-refractivity contribution in [3.63, 3.8) is 0 Å². The van der Waals surface area contributed by atoms with E-state index in [-0.39, 0.29) is 48.3 Å². The average molecular weight is 399 g/mol. The van der Waals surface area contributed by atoms with Crippen molar-refractivity contribution < 1.29 is 18.0 Å². The number of carbonyl (C=O) groups excluding carboxylic acids is 1. The Balaban J connectivity index is 0.00000156. The molecule has 0 bridgehead atoms. The van der Waals surface area contributed by atoms with Gasteiger partial charge in [-0.2, -0.15) is 13.2 Å². The Labute approximate surface area is 153 Å². The Morgan fingerprint density at radius 2 is 2.00 bits per heavy atom. The van der Waals surface area contributed by atoms with Gasteiger partial charge in [0.25, 0.3) is 5.91 Å². The monoisotopic (exact) mass is 398 g/mol. The van der Waals surface area contributed by atoms with Crippen molar-refractivity contribution in [2.24, 2.45) is 5.73 Å². The van der Waals surface area contributed by atoms with E-state index in [2.05, 4.69) is 15.3 Å². The highest BCUT2D eigenvalue weighted by molar-refractivity contribution is 5.92. The number of aromatic nitrogens is 4. The molecule has 3 heterocycles. The van der Waals surface area contributed by atoms with Crippen LogP contribution in [0.1, 0.15) is 22.5 Å². The lowest BCUT2D eigenvalue weighted by Gasteiger charge is -2.13. The summed E-state index contributed by atoms with van der Waals surface area (Å²) in [4.78, 5) is 17.5. The van der Waals surface area contributed by atoms with Crippen molar-refractivity contribution in [3.05, 3.63) is 35.8 Å². The zero-order valence-corrected chi connectivity index (χ0v) is 14.3. The Kier molecular flexibility index (Phi) is 6.75. The summed E-state index contributed by atoms with van der Waals surface area (Å²) in [5.41, 5.74) is 4.99. The van der Waals surface area contributed by atoms with E-state index >= 15 is 0 Å². The molecule has 138 valence electrons. The van der Waals surface area contributed by atoms with Crippen LogP contribution < -0.4 is 5.73 Å². The van der Waals surface area contributed by atoms with Crippen molar-refractivity contribution in [1.29, 1.82) is 0 Å². The molecule has 1 saturated heterocycles. The summed E-state index contributed by atoms with van der Waals surface area (Å²) >= 11 is 0. The van der Waals surface area contributed by atoms with Gasteiger partial charge in [0.1, 0.15) is 0 Å². The molecule has 7 nitrogen and oxygen atoms in total. The number of hydrogen-bond donors (Lipinski definition) is 1. The van der Waals surface area contributed by atoms with E-state index in [1.165, 1.54) is 6.20 Å². The first kappa shape index (κ1) is 21.1. The highest BCUT2D eigenvalue weighted by Gasteiger charge is 2.31. The van der Waals surface area contributed by atoms with E-state index in [1.807, 2.05) is 0 Å². The molecule has 2 N–H and O–H groups in total. The number of likely N-dealkylation sites (tertiary alicyclic amines) is 1. The number of pyridine rings is 1. The summed E-state index contributed by atoms with van der Waals surface area (Å²) in [7, 11) is 0. The zero-order valence-electron chi connectivity index (χ0n) is 12.7. The second-order valence-corrected chi connectivity index (χ2v) is 5.25. The third kappa shape index (κ3) is 4.59. The summed E-state index contributed by atoms with van der Waals surface area (Å²) in [5.74, 6) is -0.168. The van der Waals surface area contributed by atoms with E-state index in [0.29, 0.717) is 19.3 Å². The molecule has 0 radical (unpaired) electrons. The van der Waals surface area contributed by atoms with E-state index < -0.39 is 11.7 Å². The van der Waals surface area contributed by atoms with E-state index in [9.17, 15) is 18.0 Å². The van der Waals surface area contributed by atoms with Crippen molar-refractivity contribution in [3.8, 4) is 5.82 Å². The van der Waals surface area contributed by atoms with Crippen LogP contribution in [-0.2, 0) is 6.18 Å². The lowest BCUT2D eigenvalue weighted by Crippen LogP contribution is -2.32. The Morgan fingerprint density at radius 3 is 2.52 bits per heavy atom. The summed E-state index contributed by atoms with van der Waals surface area (Å²) in [6.07, 6.45) is -1.69. The van der Waals surface area contributed by atoms with Crippen LogP contribution in [-0.4, -0.2) is 49.9 Å². The molecule has 3 rings (SSSR count). The van der Waals surface area contributed by atoms with Gasteiger partial charge in [-0.15, -0.1) is 29.9 Å². The second-order valence-electron chi connectivity index (χ2n) is 5.25. The maximum Gasteiger partial charge on any atom is 0.417 e. The van der Waals surface area contributed by atoms with Gasteiger partial charge in [0.2, 0.25) is 0 Å².